The molecule has 0 aliphatic rings. The monoisotopic (exact) mass is 327 g/mol. The molecule has 0 aliphatic heterocycles. The van der Waals surface area contributed by atoms with Crippen molar-refractivity contribution in [3.63, 3.8) is 0 Å². The summed E-state index contributed by atoms with van der Waals surface area (Å²) in [6.45, 7) is 1.42. The molecule has 2 aromatic rings. The number of hydrogen-bond donors (Lipinski definition) is 1. The number of rotatable bonds is 6. The Bertz CT molecular complexity index is 486. The first-order valence-corrected chi connectivity index (χ1v) is 7.14. The second-order valence-electron chi connectivity index (χ2n) is 3.74. The molecule has 4 nitrogen and oxygen atoms in total. The zero-order chi connectivity index (χ0) is 12.8. The fraction of sp³-hybridized carbons (Fsp3) is 0.333. The average molecular weight is 328 g/mol. The van der Waals surface area contributed by atoms with Gasteiger partial charge in [0.05, 0.1) is 6.61 Å². The summed E-state index contributed by atoms with van der Waals surface area (Å²) in [5, 5.41) is 4.02. The van der Waals surface area contributed by atoms with E-state index in [9.17, 15) is 0 Å². The number of halogens is 1. The van der Waals surface area contributed by atoms with Gasteiger partial charge < -0.3 is 10.1 Å². The minimum absolute atomic E-state index is 0.668. The van der Waals surface area contributed by atoms with Crippen LogP contribution in [0.25, 0.3) is 0 Å². The van der Waals surface area contributed by atoms with Crippen LogP contribution in [0.15, 0.2) is 28.7 Å². The van der Waals surface area contributed by atoms with Gasteiger partial charge in [0, 0.05) is 36.1 Å². The van der Waals surface area contributed by atoms with E-state index in [0.29, 0.717) is 6.61 Å². The van der Waals surface area contributed by atoms with Gasteiger partial charge in [0.1, 0.15) is 5.82 Å². The van der Waals surface area contributed by atoms with Crippen molar-refractivity contribution in [2.24, 2.45) is 0 Å². The van der Waals surface area contributed by atoms with E-state index in [1.54, 1.807) is 7.11 Å². The Kier molecular flexibility index (Phi) is 5.10. The van der Waals surface area contributed by atoms with Crippen LogP contribution in [-0.2, 0) is 11.2 Å². The molecule has 0 atom stereocenters. The van der Waals surface area contributed by atoms with Gasteiger partial charge in [-0.3, -0.25) is 0 Å². The van der Waals surface area contributed by atoms with Crippen LogP contribution in [0.1, 0.15) is 11.4 Å². The summed E-state index contributed by atoms with van der Waals surface area (Å²) < 4.78 is 10.4. The number of aromatic nitrogens is 2. The number of nitrogens with one attached hydrogen (secondary N) is 1. The number of nitrogens with zero attached hydrogens (tertiary/aromatic N) is 2. The van der Waals surface area contributed by atoms with Crippen LogP contribution < -0.4 is 5.32 Å². The third-order valence-electron chi connectivity index (χ3n) is 2.33. The normalized spacial score (nSPS) is 10.6. The van der Waals surface area contributed by atoms with Crippen LogP contribution in [0.2, 0.25) is 0 Å². The minimum Gasteiger partial charge on any atom is -0.383 e. The smallest absolute Gasteiger partial charge is 0.202 e. The maximum Gasteiger partial charge on any atom is 0.202 e. The van der Waals surface area contributed by atoms with E-state index in [1.807, 2.05) is 12.1 Å². The lowest BCUT2D eigenvalue weighted by atomic mass is 10.1. The molecule has 96 valence electrons. The van der Waals surface area contributed by atoms with Gasteiger partial charge in [0.2, 0.25) is 5.13 Å². The molecule has 2 rings (SSSR count). The van der Waals surface area contributed by atoms with Gasteiger partial charge in [-0.25, -0.2) is 4.98 Å². The summed E-state index contributed by atoms with van der Waals surface area (Å²) in [6, 6.07) is 8.20. The van der Waals surface area contributed by atoms with Gasteiger partial charge in [0.15, 0.2) is 0 Å². The zero-order valence-electron chi connectivity index (χ0n) is 10.0. The molecule has 0 saturated carbocycles. The number of hydrogen-bond acceptors (Lipinski definition) is 5. The third-order valence-corrected chi connectivity index (χ3v) is 3.57. The fourth-order valence-electron chi connectivity index (χ4n) is 1.44. The molecular weight excluding hydrogens is 314 g/mol. The highest BCUT2D eigenvalue weighted by molar-refractivity contribution is 9.10. The van der Waals surface area contributed by atoms with E-state index in [0.717, 1.165) is 28.4 Å². The van der Waals surface area contributed by atoms with Crippen LogP contribution in [0.3, 0.4) is 0 Å². The van der Waals surface area contributed by atoms with Gasteiger partial charge >= 0.3 is 0 Å². The molecule has 0 saturated heterocycles. The van der Waals surface area contributed by atoms with E-state index >= 15 is 0 Å². The van der Waals surface area contributed by atoms with Crippen molar-refractivity contribution < 1.29 is 4.74 Å². The quantitative estimate of drug-likeness (QED) is 0.828. The summed E-state index contributed by atoms with van der Waals surface area (Å²) in [5.74, 6) is 0.849. The molecule has 0 aliphatic carbocycles. The Labute approximate surface area is 119 Å². The lowest BCUT2D eigenvalue weighted by Gasteiger charge is -1.99. The first kappa shape index (κ1) is 13.5. The maximum atomic E-state index is 4.97. The number of ether oxygens (including phenoxy) is 1. The van der Waals surface area contributed by atoms with Gasteiger partial charge in [0.25, 0.3) is 0 Å². The minimum atomic E-state index is 0.668. The molecule has 0 spiro atoms. The molecule has 1 aromatic heterocycles. The molecule has 0 bridgehead atoms. The van der Waals surface area contributed by atoms with Crippen LogP contribution in [0, 0.1) is 0 Å². The summed E-state index contributed by atoms with van der Waals surface area (Å²) in [6.07, 6.45) is 0.760. The van der Waals surface area contributed by atoms with Crippen molar-refractivity contribution in [2.45, 2.75) is 6.42 Å². The van der Waals surface area contributed by atoms with E-state index in [-0.39, 0.29) is 0 Å². The molecule has 1 aromatic carbocycles. The predicted octanol–water partition coefficient (Wildman–Crippen LogP) is 2.95. The molecular formula is C12H14BrN3OS. The summed E-state index contributed by atoms with van der Waals surface area (Å²) in [4.78, 5) is 4.43. The third kappa shape index (κ3) is 4.04. The van der Waals surface area contributed by atoms with E-state index < -0.39 is 0 Å². The standard InChI is InChI=1S/C12H14BrN3OS/c1-17-7-6-14-12-15-11(16-18-12)8-9-2-4-10(13)5-3-9/h2-5H,6-8H2,1H3,(H,14,15,16). The molecule has 0 radical (unpaired) electrons. The topological polar surface area (TPSA) is 47.0 Å². The van der Waals surface area contributed by atoms with Crippen LogP contribution >= 0.6 is 27.5 Å². The number of benzene rings is 1. The number of anilines is 1. The molecule has 1 heterocycles. The number of methoxy groups -OCH3 is 1. The highest BCUT2D eigenvalue weighted by atomic mass is 79.9. The van der Waals surface area contributed by atoms with E-state index in [4.69, 9.17) is 4.74 Å². The van der Waals surface area contributed by atoms with Crippen molar-refractivity contribution in [2.75, 3.05) is 25.6 Å². The largest absolute Gasteiger partial charge is 0.383 e. The van der Waals surface area contributed by atoms with E-state index in [2.05, 4.69) is 42.7 Å². The highest BCUT2D eigenvalue weighted by Crippen LogP contribution is 2.16. The van der Waals surface area contributed by atoms with Crippen LogP contribution in [0.4, 0.5) is 5.13 Å². The highest BCUT2D eigenvalue weighted by Gasteiger charge is 2.04. The molecule has 18 heavy (non-hydrogen) atoms. The van der Waals surface area contributed by atoms with E-state index in [1.165, 1.54) is 17.1 Å². The van der Waals surface area contributed by atoms with Gasteiger partial charge in [-0.05, 0) is 17.7 Å². The van der Waals surface area contributed by atoms with Gasteiger partial charge in [-0.15, -0.1) is 0 Å². The van der Waals surface area contributed by atoms with Crippen LogP contribution in [-0.4, -0.2) is 29.6 Å². The molecule has 0 unspecified atom stereocenters. The SMILES string of the molecule is COCCNc1nc(Cc2ccc(Br)cc2)ns1. The van der Waals surface area contributed by atoms with Crippen molar-refractivity contribution in [3.8, 4) is 0 Å². The van der Waals surface area contributed by atoms with Gasteiger partial charge in [-0.2, -0.15) is 4.37 Å². The summed E-state index contributed by atoms with van der Waals surface area (Å²) >= 11 is 4.80. The Morgan fingerprint density at radius 3 is 2.83 bits per heavy atom. The lowest BCUT2D eigenvalue weighted by molar-refractivity contribution is 0.211. The zero-order valence-corrected chi connectivity index (χ0v) is 12.4. The molecule has 0 amide bonds. The lowest BCUT2D eigenvalue weighted by Crippen LogP contribution is -2.07. The first-order valence-electron chi connectivity index (χ1n) is 5.58. The second kappa shape index (κ2) is 6.82. The Morgan fingerprint density at radius 2 is 2.11 bits per heavy atom. The van der Waals surface area contributed by atoms with Crippen molar-refractivity contribution in [3.05, 3.63) is 40.1 Å². The maximum absolute atomic E-state index is 4.97. The Hall–Kier alpha value is -0.980. The average Bonchev–Trinajstić information content (AvgIpc) is 2.80. The fourth-order valence-corrected chi connectivity index (χ4v) is 2.32. The predicted molar refractivity (Wildman–Crippen MR) is 77.2 cm³/mol. The molecule has 0 fully saturated rings. The first-order chi connectivity index (χ1) is 8.78. The summed E-state index contributed by atoms with van der Waals surface area (Å²) in [7, 11) is 1.68. The van der Waals surface area contributed by atoms with Crippen molar-refractivity contribution in [1.82, 2.24) is 9.36 Å². The Balaban J connectivity index is 1.91. The van der Waals surface area contributed by atoms with Crippen molar-refractivity contribution >= 4 is 32.6 Å². The Morgan fingerprint density at radius 1 is 1.33 bits per heavy atom. The summed E-state index contributed by atoms with van der Waals surface area (Å²) in [5.41, 5.74) is 1.21. The van der Waals surface area contributed by atoms with Crippen LogP contribution in [0.5, 0.6) is 0 Å². The van der Waals surface area contributed by atoms with Gasteiger partial charge in [-0.1, -0.05) is 28.1 Å². The van der Waals surface area contributed by atoms with Crippen molar-refractivity contribution in [1.29, 1.82) is 0 Å². The molecule has 6 heteroatoms. The molecule has 1 N–H and O–H groups in total. The second-order valence-corrected chi connectivity index (χ2v) is 5.41.